The third-order valence-electron chi connectivity index (χ3n) is 5.30. The van der Waals surface area contributed by atoms with Crippen molar-refractivity contribution in [2.24, 2.45) is 5.92 Å². The molecular formula is C20H20O4. The quantitative estimate of drug-likeness (QED) is 0.631. The van der Waals surface area contributed by atoms with Crippen molar-refractivity contribution in [1.82, 2.24) is 0 Å². The third-order valence-corrected chi connectivity index (χ3v) is 5.30. The van der Waals surface area contributed by atoms with Crippen LogP contribution >= 0.6 is 0 Å². The lowest BCUT2D eigenvalue weighted by Gasteiger charge is -2.37. The van der Waals surface area contributed by atoms with E-state index in [1.54, 1.807) is 19.2 Å². The van der Waals surface area contributed by atoms with E-state index in [2.05, 4.69) is 6.08 Å². The number of methoxy groups -OCH3 is 1. The number of carbonyl (C=O) groups excluding carboxylic acids is 2. The van der Waals surface area contributed by atoms with Crippen molar-refractivity contribution in [3.8, 4) is 0 Å². The predicted octanol–water partition coefficient (Wildman–Crippen LogP) is 3.48. The van der Waals surface area contributed by atoms with E-state index in [4.69, 9.17) is 9.47 Å². The van der Waals surface area contributed by atoms with Crippen molar-refractivity contribution in [1.29, 1.82) is 0 Å². The monoisotopic (exact) mass is 324 g/mol. The molecule has 1 saturated carbocycles. The highest BCUT2D eigenvalue weighted by molar-refractivity contribution is 6.27. The highest BCUT2D eigenvalue weighted by atomic mass is 16.7. The molecule has 0 bridgehead atoms. The summed E-state index contributed by atoms with van der Waals surface area (Å²) in [4.78, 5) is 25.9. The minimum atomic E-state index is 0.00848. The molecule has 3 aliphatic rings. The maximum Gasteiger partial charge on any atom is 0.190 e. The zero-order valence-corrected chi connectivity index (χ0v) is 13.7. The second-order valence-corrected chi connectivity index (χ2v) is 6.60. The molecule has 4 nitrogen and oxygen atoms in total. The normalized spacial score (nSPS) is 25.8. The van der Waals surface area contributed by atoms with Crippen LogP contribution in [0.15, 0.2) is 47.1 Å². The minimum Gasteiger partial charge on any atom is -0.359 e. The third kappa shape index (κ3) is 2.38. The Bertz CT molecular complexity index is 772. The number of ether oxygens (including phenoxy) is 2. The van der Waals surface area contributed by atoms with E-state index < -0.39 is 0 Å². The van der Waals surface area contributed by atoms with Crippen LogP contribution in [0.25, 0.3) is 0 Å². The maximum absolute atomic E-state index is 13.1. The molecular weight excluding hydrogens is 304 g/mol. The van der Waals surface area contributed by atoms with Crippen LogP contribution in [0.3, 0.4) is 0 Å². The number of allylic oxidation sites excluding steroid dienone is 4. The Labute approximate surface area is 141 Å². The van der Waals surface area contributed by atoms with Gasteiger partial charge in [-0.25, -0.2) is 0 Å². The first-order valence-corrected chi connectivity index (χ1v) is 8.41. The van der Waals surface area contributed by atoms with Crippen molar-refractivity contribution in [3.05, 3.63) is 58.2 Å². The van der Waals surface area contributed by atoms with Crippen LogP contribution in [-0.2, 0) is 9.47 Å². The number of ketones is 2. The van der Waals surface area contributed by atoms with Gasteiger partial charge in [-0.05, 0) is 25.7 Å². The number of Topliss-reactive ketones (excluding diaryl/α,β-unsaturated/α-hetero) is 2. The van der Waals surface area contributed by atoms with Gasteiger partial charge in [0.05, 0.1) is 6.10 Å². The van der Waals surface area contributed by atoms with E-state index in [0.717, 1.165) is 19.3 Å². The van der Waals surface area contributed by atoms with Gasteiger partial charge in [-0.3, -0.25) is 9.59 Å². The molecule has 1 aromatic carbocycles. The Hall–Kier alpha value is -2.04. The number of hydrogen-bond acceptors (Lipinski definition) is 4. The molecule has 2 atom stereocenters. The molecule has 1 fully saturated rings. The number of fused-ring (bicyclic) bond motifs is 3. The molecule has 0 aromatic heterocycles. The van der Waals surface area contributed by atoms with Crippen molar-refractivity contribution < 1.29 is 19.1 Å². The fourth-order valence-corrected chi connectivity index (χ4v) is 4.15. The van der Waals surface area contributed by atoms with Gasteiger partial charge in [0.2, 0.25) is 0 Å². The molecule has 0 aliphatic heterocycles. The van der Waals surface area contributed by atoms with Crippen molar-refractivity contribution in [2.75, 3.05) is 13.9 Å². The highest BCUT2D eigenvalue weighted by Gasteiger charge is 2.41. The number of rotatable bonds is 3. The van der Waals surface area contributed by atoms with E-state index >= 15 is 0 Å². The summed E-state index contributed by atoms with van der Waals surface area (Å²) in [6.45, 7) is 0.262. The number of carbonyl (C=O) groups is 2. The summed E-state index contributed by atoms with van der Waals surface area (Å²) < 4.78 is 10.7. The molecule has 0 N–H and O–H groups in total. The summed E-state index contributed by atoms with van der Waals surface area (Å²) in [5.41, 5.74) is 3.76. The Balaban J connectivity index is 1.70. The first-order valence-electron chi connectivity index (χ1n) is 8.41. The number of benzene rings is 1. The van der Waals surface area contributed by atoms with Gasteiger partial charge in [-0.1, -0.05) is 35.9 Å². The van der Waals surface area contributed by atoms with E-state index in [1.807, 2.05) is 12.1 Å². The van der Waals surface area contributed by atoms with Crippen LogP contribution in [0.4, 0.5) is 0 Å². The first kappa shape index (κ1) is 15.5. The van der Waals surface area contributed by atoms with Crippen LogP contribution in [-0.4, -0.2) is 31.6 Å². The lowest BCUT2D eigenvalue weighted by molar-refractivity contribution is -0.0823. The molecule has 0 amide bonds. The lowest BCUT2D eigenvalue weighted by atomic mass is 9.67. The molecule has 124 valence electrons. The molecule has 4 heteroatoms. The lowest BCUT2D eigenvalue weighted by Crippen LogP contribution is -2.34. The van der Waals surface area contributed by atoms with Crippen LogP contribution in [0.1, 0.15) is 46.4 Å². The summed E-state index contributed by atoms with van der Waals surface area (Å²) in [5.74, 6) is 0.0350. The van der Waals surface area contributed by atoms with Crippen molar-refractivity contribution >= 4 is 11.6 Å². The van der Waals surface area contributed by atoms with Crippen molar-refractivity contribution in [3.63, 3.8) is 0 Å². The molecule has 4 rings (SSSR count). The van der Waals surface area contributed by atoms with Gasteiger partial charge in [0, 0.05) is 35.3 Å². The fourth-order valence-electron chi connectivity index (χ4n) is 4.15. The highest BCUT2D eigenvalue weighted by Crippen LogP contribution is 2.45. The SMILES string of the molecule is COCO[C@H]1CCC2=CCC3=C(C(=O)c4ccccc4C3=O)[C@H]2C1. The smallest absolute Gasteiger partial charge is 0.190 e. The summed E-state index contributed by atoms with van der Waals surface area (Å²) in [7, 11) is 1.61. The van der Waals surface area contributed by atoms with Gasteiger partial charge in [0.15, 0.2) is 11.6 Å². The molecule has 0 saturated heterocycles. The zero-order valence-electron chi connectivity index (χ0n) is 13.7. The summed E-state index contributed by atoms with van der Waals surface area (Å²) >= 11 is 0. The predicted molar refractivity (Wildman–Crippen MR) is 88.9 cm³/mol. The zero-order chi connectivity index (χ0) is 16.7. The molecule has 3 aliphatic carbocycles. The van der Waals surface area contributed by atoms with E-state index in [1.165, 1.54) is 5.57 Å². The van der Waals surface area contributed by atoms with Gasteiger partial charge in [-0.2, -0.15) is 0 Å². The molecule has 24 heavy (non-hydrogen) atoms. The van der Waals surface area contributed by atoms with Crippen LogP contribution in [0, 0.1) is 5.92 Å². The van der Waals surface area contributed by atoms with E-state index in [0.29, 0.717) is 28.7 Å². The molecule has 0 heterocycles. The minimum absolute atomic E-state index is 0.00848. The largest absolute Gasteiger partial charge is 0.359 e. The maximum atomic E-state index is 13.1. The van der Waals surface area contributed by atoms with Gasteiger partial charge < -0.3 is 9.47 Å². The molecule has 0 radical (unpaired) electrons. The van der Waals surface area contributed by atoms with Crippen molar-refractivity contribution in [2.45, 2.75) is 31.8 Å². The van der Waals surface area contributed by atoms with Gasteiger partial charge >= 0.3 is 0 Å². The van der Waals surface area contributed by atoms with Gasteiger partial charge in [0.25, 0.3) is 0 Å². The summed E-state index contributed by atoms with van der Waals surface area (Å²) in [6, 6.07) is 7.15. The van der Waals surface area contributed by atoms with Crippen LogP contribution in [0.5, 0.6) is 0 Å². The van der Waals surface area contributed by atoms with Crippen LogP contribution in [0.2, 0.25) is 0 Å². The first-order chi connectivity index (χ1) is 11.7. The average molecular weight is 324 g/mol. The standard InChI is InChI=1S/C20H20O4/c1-23-11-24-13-8-6-12-7-9-16-18(17(12)10-13)20(22)15-5-3-2-4-14(15)19(16)21/h2-5,7,13,17H,6,8-11H2,1H3/t13-,17-/m0/s1. The number of hydrogen-bond donors (Lipinski definition) is 0. The van der Waals surface area contributed by atoms with E-state index in [-0.39, 0.29) is 30.4 Å². The van der Waals surface area contributed by atoms with E-state index in [9.17, 15) is 9.59 Å². The topological polar surface area (TPSA) is 52.6 Å². The summed E-state index contributed by atoms with van der Waals surface area (Å²) in [5, 5.41) is 0. The Kier molecular flexibility index (Phi) is 3.94. The fraction of sp³-hybridized carbons (Fsp3) is 0.400. The Morgan fingerprint density at radius 2 is 1.88 bits per heavy atom. The second kappa shape index (κ2) is 6.11. The van der Waals surface area contributed by atoms with Gasteiger partial charge in [-0.15, -0.1) is 0 Å². The molecule has 0 spiro atoms. The van der Waals surface area contributed by atoms with Crippen LogP contribution < -0.4 is 0 Å². The van der Waals surface area contributed by atoms with Gasteiger partial charge in [0.1, 0.15) is 6.79 Å². The second-order valence-electron chi connectivity index (χ2n) is 6.60. The Morgan fingerprint density at radius 3 is 2.62 bits per heavy atom. The summed E-state index contributed by atoms with van der Waals surface area (Å²) in [6.07, 6.45) is 5.39. The average Bonchev–Trinajstić information content (AvgIpc) is 2.63. The molecule has 0 unspecified atom stereocenters. The molecule has 1 aromatic rings. The Morgan fingerprint density at radius 1 is 1.12 bits per heavy atom.